The van der Waals surface area contributed by atoms with E-state index in [4.69, 9.17) is 4.74 Å². The van der Waals surface area contributed by atoms with Crippen LogP contribution >= 0.6 is 0 Å². The number of anilines is 1. The number of hydrogen-bond acceptors (Lipinski definition) is 4. The first-order valence-electron chi connectivity index (χ1n) is 6.77. The van der Waals surface area contributed by atoms with Gasteiger partial charge in [-0.25, -0.2) is 4.98 Å². The third-order valence-corrected chi connectivity index (χ3v) is 3.30. The first kappa shape index (κ1) is 13.3. The predicted octanol–water partition coefficient (Wildman–Crippen LogP) is 2.12. The largest absolute Gasteiger partial charge is 0.380 e. The molecule has 1 atom stereocenters. The van der Waals surface area contributed by atoms with Crippen molar-refractivity contribution in [3.05, 3.63) is 23.9 Å². The van der Waals surface area contributed by atoms with Crippen molar-refractivity contribution in [2.45, 2.75) is 32.4 Å². The first-order valence-corrected chi connectivity index (χ1v) is 6.77. The lowest BCUT2D eigenvalue weighted by atomic mass is 10.2. The summed E-state index contributed by atoms with van der Waals surface area (Å²) in [7, 11) is 2.15. The number of likely N-dealkylation sites (N-methyl/N-ethyl adjacent to an activating group) is 1. The second-order valence-corrected chi connectivity index (χ2v) is 4.87. The van der Waals surface area contributed by atoms with Crippen LogP contribution in [0.25, 0.3) is 0 Å². The van der Waals surface area contributed by atoms with Crippen molar-refractivity contribution in [1.29, 1.82) is 0 Å². The maximum atomic E-state index is 5.42. The van der Waals surface area contributed by atoms with Crippen LogP contribution in [0.4, 0.5) is 5.82 Å². The van der Waals surface area contributed by atoms with Gasteiger partial charge in [0.05, 0.1) is 12.3 Å². The molecule has 1 aromatic rings. The molecule has 4 heteroatoms. The van der Waals surface area contributed by atoms with Gasteiger partial charge in [0.1, 0.15) is 5.82 Å². The van der Waals surface area contributed by atoms with E-state index in [0.717, 1.165) is 50.7 Å². The van der Waals surface area contributed by atoms with Crippen LogP contribution in [-0.4, -0.2) is 42.7 Å². The average Bonchev–Trinajstić information content (AvgIpc) is 2.91. The summed E-state index contributed by atoms with van der Waals surface area (Å²) in [5, 5.41) is 3.32. The summed E-state index contributed by atoms with van der Waals surface area (Å²) in [4.78, 5) is 6.96. The third-order valence-electron chi connectivity index (χ3n) is 3.30. The maximum absolute atomic E-state index is 5.42. The monoisotopic (exact) mass is 249 g/mol. The van der Waals surface area contributed by atoms with Crippen LogP contribution in [-0.2, 0) is 11.3 Å². The molecule has 1 fully saturated rings. The molecule has 0 aliphatic carbocycles. The van der Waals surface area contributed by atoms with Crippen molar-refractivity contribution < 1.29 is 4.74 Å². The lowest BCUT2D eigenvalue weighted by molar-refractivity contribution is 0.156. The number of pyridine rings is 1. The lowest BCUT2D eigenvalue weighted by Crippen LogP contribution is -2.31. The Morgan fingerprint density at radius 1 is 1.50 bits per heavy atom. The molecule has 0 saturated carbocycles. The first-order chi connectivity index (χ1) is 8.79. The Labute approximate surface area is 109 Å². The minimum absolute atomic E-state index is 0.541. The summed E-state index contributed by atoms with van der Waals surface area (Å²) in [6, 6.07) is 6.72. The van der Waals surface area contributed by atoms with Crippen LogP contribution in [0.2, 0.25) is 0 Å². The molecule has 1 N–H and O–H groups in total. The van der Waals surface area contributed by atoms with Crippen molar-refractivity contribution in [2.24, 2.45) is 0 Å². The minimum Gasteiger partial charge on any atom is -0.380 e. The summed E-state index contributed by atoms with van der Waals surface area (Å²) in [5.74, 6) is 0.977. The molecule has 0 radical (unpaired) electrons. The summed E-state index contributed by atoms with van der Waals surface area (Å²) in [5.41, 5.74) is 1.12. The van der Waals surface area contributed by atoms with Crippen molar-refractivity contribution in [1.82, 2.24) is 9.88 Å². The number of rotatable bonds is 6. The van der Waals surface area contributed by atoms with Gasteiger partial charge in [-0.1, -0.05) is 13.0 Å². The van der Waals surface area contributed by atoms with Crippen molar-refractivity contribution >= 4 is 5.82 Å². The Kier molecular flexibility index (Phi) is 4.96. The molecule has 0 amide bonds. The smallest absolute Gasteiger partial charge is 0.126 e. The molecule has 4 nitrogen and oxygen atoms in total. The molecular formula is C14H23N3O. The van der Waals surface area contributed by atoms with Crippen LogP contribution < -0.4 is 5.32 Å². The molecule has 0 spiro atoms. The standard InChI is InChI=1S/C14H23N3O/c1-3-8-15-14-6-4-5-12(16-14)10-17(2)13-7-9-18-11-13/h4-6,13H,3,7-11H2,1-2H3,(H,15,16). The summed E-state index contributed by atoms with van der Waals surface area (Å²) in [6.45, 7) is 5.76. The topological polar surface area (TPSA) is 37.4 Å². The molecular weight excluding hydrogens is 226 g/mol. The van der Waals surface area contributed by atoms with E-state index in [1.54, 1.807) is 0 Å². The Bertz CT molecular complexity index is 364. The van der Waals surface area contributed by atoms with Crippen molar-refractivity contribution in [2.75, 3.05) is 32.1 Å². The second-order valence-electron chi connectivity index (χ2n) is 4.87. The van der Waals surface area contributed by atoms with Gasteiger partial charge in [-0.2, -0.15) is 0 Å². The summed E-state index contributed by atoms with van der Waals surface area (Å²) < 4.78 is 5.42. The Morgan fingerprint density at radius 2 is 2.39 bits per heavy atom. The van der Waals surface area contributed by atoms with Gasteiger partial charge < -0.3 is 10.1 Å². The van der Waals surface area contributed by atoms with Crippen LogP contribution in [0.1, 0.15) is 25.5 Å². The van der Waals surface area contributed by atoms with E-state index < -0.39 is 0 Å². The molecule has 1 aliphatic rings. The Hall–Kier alpha value is -1.13. The van der Waals surface area contributed by atoms with Gasteiger partial charge >= 0.3 is 0 Å². The SMILES string of the molecule is CCCNc1cccc(CN(C)C2CCOC2)n1. The summed E-state index contributed by atoms with van der Waals surface area (Å²) in [6.07, 6.45) is 2.25. The molecule has 1 unspecified atom stereocenters. The fraction of sp³-hybridized carbons (Fsp3) is 0.643. The van der Waals surface area contributed by atoms with E-state index in [1.807, 2.05) is 6.07 Å². The molecule has 100 valence electrons. The zero-order valence-electron chi connectivity index (χ0n) is 11.4. The highest BCUT2D eigenvalue weighted by molar-refractivity contribution is 5.35. The van der Waals surface area contributed by atoms with Gasteiger partial charge in [-0.15, -0.1) is 0 Å². The van der Waals surface area contributed by atoms with Crippen LogP contribution in [0.5, 0.6) is 0 Å². The van der Waals surface area contributed by atoms with E-state index in [-0.39, 0.29) is 0 Å². The Balaban J connectivity index is 1.91. The predicted molar refractivity (Wildman–Crippen MR) is 73.7 cm³/mol. The van der Waals surface area contributed by atoms with Crippen molar-refractivity contribution in [3.8, 4) is 0 Å². The average molecular weight is 249 g/mol. The molecule has 18 heavy (non-hydrogen) atoms. The number of nitrogens with one attached hydrogen (secondary N) is 1. The molecule has 2 rings (SSSR count). The number of hydrogen-bond donors (Lipinski definition) is 1. The Morgan fingerprint density at radius 3 is 3.11 bits per heavy atom. The zero-order valence-corrected chi connectivity index (χ0v) is 11.4. The highest BCUT2D eigenvalue weighted by Gasteiger charge is 2.20. The highest BCUT2D eigenvalue weighted by Crippen LogP contribution is 2.14. The van der Waals surface area contributed by atoms with Crippen LogP contribution in [0.3, 0.4) is 0 Å². The van der Waals surface area contributed by atoms with Crippen LogP contribution in [0, 0.1) is 0 Å². The van der Waals surface area contributed by atoms with Gasteiger partial charge in [0, 0.05) is 25.7 Å². The quantitative estimate of drug-likeness (QED) is 0.838. The zero-order chi connectivity index (χ0) is 12.8. The maximum Gasteiger partial charge on any atom is 0.126 e. The number of aromatic nitrogens is 1. The van der Waals surface area contributed by atoms with Gasteiger partial charge in [0.2, 0.25) is 0 Å². The molecule has 0 aromatic carbocycles. The van der Waals surface area contributed by atoms with Gasteiger partial charge in [0.25, 0.3) is 0 Å². The molecule has 1 saturated heterocycles. The van der Waals surface area contributed by atoms with E-state index in [2.05, 4.69) is 41.3 Å². The van der Waals surface area contributed by atoms with E-state index in [9.17, 15) is 0 Å². The highest BCUT2D eigenvalue weighted by atomic mass is 16.5. The molecule has 1 aliphatic heterocycles. The second kappa shape index (κ2) is 6.71. The minimum atomic E-state index is 0.541. The van der Waals surface area contributed by atoms with E-state index in [0.29, 0.717) is 6.04 Å². The van der Waals surface area contributed by atoms with Crippen molar-refractivity contribution in [3.63, 3.8) is 0 Å². The van der Waals surface area contributed by atoms with Gasteiger partial charge in [0.15, 0.2) is 0 Å². The normalized spacial score (nSPS) is 19.4. The fourth-order valence-electron chi connectivity index (χ4n) is 2.17. The van der Waals surface area contributed by atoms with E-state index in [1.165, 1.54) is 0 Å². The van der Waals surface area contributed by atoms with E-state index >= 15 is 0 Å². The number of ether oxygens (including phenoxy) is 1. The molecule has 1 aromatic heterocycles. The molecule has 2 heterocycles. The number of nitrogens with zero attached hydrogens (tertiary/aromatic N) is 2. The third kappa shape index (κ3) is 3.68. The lowest BCUT2D eigenvalue weighted by Gasteiger charge is -2.22. The van der Waals surface area contributed by atoms with Gasteiger partial charge in [-0.3, -0.25) is 4.90 Å². The van der Waals surface area contributed by atoms with Crippen LogP contribution in [0.15, 0.2) is 18.2 Å². The van der Waals surface area contributed by atoms with Gasteiger partial charge in [-0.05, 0) is 32.0 Å². The fourth-order valence-corrected chi connectivity index (χ4v) is 2.17. The summed E-state index contributed by atoms with van der Waals surface area (Å²) >= 11 is 0. The molecule has 0 bridgehead atoms.